The first kappa shape index (κ1) is 22.8. The van der Waals surface area contributed by atoms with Gasteiger partial charge in [0.05, 0.1) is 12.2 Å². The minimum Gasteiger partial charge on any atom is -0.354 e. The number of amides is 2. The lowest BCUT2D eigenvalue weighted by Gasteiger charge is -2.37. The van der Waals surface area contributed by atoms with Crippen molar-refractivity contribution in [1.29, 1.82) is 0 Å². The number of anilines is 2. The first-order valence-corrected chi connectivity index (χ1v) is 12.6. The van der Waals surface area contributed by atoms with Gasteiger partial charge in [-0.2, -0.15) is 0 Å². The van der Waals surface area contributed by atoms with Crippen LogP contribution in [0.3, 0.4) is 0 Å². The third kappa shape index (κ3) is 4.93. The molecule has 0 aliphatic carbocycles. The number of hydrogen-bond acceptors (Lipinski definition) is 5. The molecule has 2 amide bonds. The zero-order valence-corrected chi connectivity index (χ0v) is 21.0. The number of carbonyl (C=O) groups excluding carboxylic acids is 1. The molecule has 3 heterocycles. The third-order valence-electron chi connectivity index (χ3n) is 6.57. The fourth-order valence-electron chi connectivity index (χ4n) is 4.56. The van der Waals surface area contributed by atoms with E-state index in [1.54, 1.807) is 0 Å². The summed E-state index contributed by atoms with van der Waals surface area (Å²) in [5.74, 6) is 1.74. The van der Waals surface area contributed by atoms with Gasteiger partial charge in [0.1, 0.15) is 5.82 Å². The Morgan fingerprint density at radius 2 is 1.71 bits per heavy atom. The van der Waals surface area contributed by atoms with E-state index in [9.17, 15) is 4.79 Å². The average Bonchev–Trinajstić information content (AvgIpc) is 2.89. The van der Waals surface area contributed by atoms with Gasteiger partial charge in [0.15, 0.2) is 5.82 Å². The maximum atomic E-state index is 13.1. The molecule has 1 N–H and O–H groups in total. The summed E-state index contributed by atoms with van der Waals surface area (Å²) in [5.41, 5.74) is 3.93. The number of rotatable bonds is 4. The second-order valence-corrected chi connectivity index (χ2v) is 9.61. The molecule has 0 saturated carbocycles. The van der Waals surface area contributed by atoms with Gasteiger partial charge in [-0.25, -0.2) is 14.8 Å². The number of benzene rings is 2. The number of likely N-dealkylation sites (N-methyl/N-ethyl adjacent to an activating group) is 1. The Hall–Kier alpha value is -2.97. The predicted molar refractivity (Wildman–Crippen MR) is 139 cm³/mol. The Balaban J connectivity index is 1.43. The van der Waals surface area contributed by atoms with Crippen LogP contribution in [0.2, 0.25) is 0 Å². The van der Waals surface area contributed by atoms with E-state index in [0.29, 0.717) is 19.5 Å². The van der Waals surface area contributed by atoms with Gasteiger partial charge in [-0.05, 0) is 30.8 Å². The molecule has 8 heteroatoms. The minimum atomic E-state index is -0.0955. The molecule has 7 nitrogen and oxygen atoms in total. The van der Waals surface area contributed by atoms with Crippen molar-refractivity contribution in [2.45, 2.75) is 19.9 Å². The van der Waals surface area contributed by atoms with Crippen molar-refractivity contribution < 1.29 is 4.79 Å². The third-order valence-corrected chi connectivity index (χ3v) is 7.10. The summed E-state index contributed by atoms with van der Waals surface area (Å²) in [6.07, 6.45) is 0.716. The number of nitrogens with zero attached hydrogens (tertiary/aromatic N) is 5. The zero-order chi connectivity index (χ0) is 23.5. The van der Waals surface area contributed by atoms with E-state index in [1.807, 2.05) is 47.4 Å². The Kier molecular flexibility index (Phi) is 6.78. The molecule has 176 valence electrons. The van der Waals surface area contributed by atoms with Crippen LogP contribution in [0.4, 0.5) is 16.3 Å². The van der Waals surface area contributed by atoms with Crippen molar-refractivity contribution in [2.75, 3.05) is 49.5 Å². The number of hydrogen-bond donors (Lipinski definition) is 1. The molecule has 0 bridgehead atoms. The van der Waals surface area contributed by atoms with Crippen molar-refractivity contribution in [1.82, 2.24) is 19.8 Å². The standard InChI is InChI=1S/C26H29BrN6O/c1-2-31-14-16-32(17-15-31)25-22-18-33(26(34)28-21-10-8-20(27)9-11-21)13-12-23(22)29-24(30-25)19-6-4-3-5-7-19/h3-11H,2,12-18H2,1H3,(H,28,34). The van der Waals surface area contributed by atoms with Gasteiger partial charge in [-0.3, -0.25) is 0 Å². The molecule has 2 aliphatic rings. The largest absolute Gasteiger partial charge is 0.354 e. The fraction of sp³-hybridized carbons (Fsp3) is 0.346. The normalized spacial score (nSPS) is 16.3. The number of fused-ring (bicyclic) bond motifs is 1. The van der Waals surface area contributed by atoms with Gasteiger partial charge in [-0.1, -0.05) is 53.2 Å². The smallest absolute Gasteiger partial charge is 0.322 e. The van der Waals surface area contributed by atoms with Crippen LogP contribution in [0.15, 0.2) is 59.1 Å². The van der Waals surface area contributed by atoms with Gasteiger partial charge in [0, 0.05) is 60.4 Å². The molecule has 0 unspecified atom stereocenters. The topological polar surface area (TPSA) is 64.6 Å². The fourth-order valence-corrected chi connectivity index (χ4v) is 4.82. The molecule has 0 atom stereocenters. The van der Waals surface area contributed by atoms with Crippen molar-refractivity contribution in [3.05, 3.63) is 70.3 Å². The molecule has 2 aliphatic heterocycles. The van der Waals surface area contributed by atoms with E-state index in [0.717, 1.165) is 71.3 Å². The molecule has 5 rings (SSSR count). The molecule has 1 aromatic heterocycles. The molecule has 0 spiro atoms. The summed E-state index contributed by atoms with van der Waals surface area (Å²) in [6, 6.07) is 17.7. The van der Waals surface area contributed by atoms with Crippen LogP contribution in [-0.2, 0) is 13.0 Å². The number of nitrogens with one attached hydrogen (secondary N) is 1. The van der Waals surface area contributed by atoms with Crippen molar-refractivity contribution in [3.8, 4) is 11.4 Å². The first-order valence-electron chi connectivity index (χ1n) is 11.8. The second-order valence-electron chi connectivity index (χ2n) is 8.69. The summed E-state index contributed by atoms with van der Waals surface area (Å²) in [5, 5.41) is 3.02. The van der Waals surface area contributed by atoms with E-state index in [-0.39, 0.29) is 6.03 Å². The maximum absolute atomic E-state index is 13.1. The Morgan fingerprint density at radius 3 is 2.41 bits per heavy atom. The van der Waals surface area contributed by atoms with Crippen molar-refractivity contribution in [3.63, 3.8) is 0 Å². The number of halogens is 1. The lowest BCUT2D eigenvalue weighted by Crippen LogP contribution is -2.47. The van der Waals surface area contributed by atoms with Crippen LogP contribution in [0, 0.1) is 0 Å². The Labute approximate surface area is 208 Å². The summed E-state index contributed by atoms with van der Waals surface area (Å²) in [6.45, 7) is 8.30. The highest BCUT2D eigenvalue weighted by Gasteiger charge is 2.29. The van der Waals surface area contributed by atoms with Crippen molar-refractivity contribution >= 4 is 33.5 Å². The van der Waals surface area contributed by atoms with Crippen LogP contribution in [0.1, 0.15) is 18.2 Å². The summed E-state index contributed by atoms with van der Waals surface area (Å²) in [4.78, 5) is 29.8. The molecule has 1 fully saturated rings. The van der Waals surface area contributed by atoms with E-state index >= 15 is 0 Å². The van der Waals surface area contributed by atoms with Crippen LogP contribution < -0.4 is 10.2 Å². The quantitative estimate of drug-likeness (QED) is 0.542. The first-order chi connectivity index (χ1) is 16.6. The molecule has 34 heavy (non-hydrogen) atoms. The van der Waals surface area contributed by atoms with Gasteiger partial charge in [-0.15, -0.1) is 0 Å². The predicted octanol–water partition coefficient (Wildman–Crippen LogP) is 4.64. The van der Waals surface area contributed by atoms with Crippen LogP contribution in [0.5, 0.6) is 0 Å². The van der Waals surface area contributed by atoms with E-state index < -0.39 is 0 Å². The SMILES string of the molecule is CCN1CCN(c2nc(-c3ccccc3)nc3c2CN(C(=O)Nc2ccc(Br)cc2)CC3)CC1. The van der Waals surface area contributed by atoms with Crippen molar-refractivity contribution in [2.24, 2.45) is 0 Å². The van der Waals surface area contributed by atoms with Crippen LogP contribution in [-0.4, -0.2) is 65.1 Å². The highest BCUT2D eigenvalue weighted by molar-refractivity contribution is 9.10. The lowest BCUT2D eigenvalue weighted by atomic mass is 10.0. The van der Waals surface area contributed by atoms with Gasteiger partial charge >= 0.3 is 6.03 Å². The average molecular weight is 521 g/mol. The Bertz CT molecular complexity index is 1150. The number of aromatic nitrogens is 2. The minimum absolute atomic E-state index is 0.0955. The number of piperazine rings is 1. The number of carbonyl (C=O) groups is 1. The molecule has 1 saturated heterocycles. The molecule has 0 radical (unpaired) electrons. The molecule has 2 aromatic carbocycles. The van der Waals surface area contributed by atoms with Gasteiger partial charge < -0.3 is 20.0 Å². The van der Waals surface area contributed by atoms with Gasteiger partial charge in [0.2, 0.25) is 0 Å². The lowest BCUT2D eigenvalue weighted by molar-refractivity contribution is 0.205. The summed E-state index contributed by atoms with van der Waals surface area (Å²) >= 11 is 3.44. The number of urea groups is 1. The van der Waals surface area contributed by atoms with Crippen LogP contribution >= 0.6 is 15.9 Å². The summed E-state index contributed by atoms with van der Waals surface area (Å²) in [7, 11) is 0. The van der Waals surface area contributed by atoms with E-state index in [2.05, 4.69) is 50.1 Å². The highest BCUT2D eigenvalue weighted by atomic mass is 79.9. The van der Waals surface area contributed by atoms with Crippen LogP contribution in [0.25, 0.3) is 11.4 Å². The van der Waals surface area contributed by atoms with Gasteiger partial charge in [0.25, 0.3) is 0 Å². The summed E-state index contributed by atoms with van der Waals surface area (Å²) < 4.78 is 0.983. The monoisotopic (exact) mass is 520 g/mol. The molecule has 3 aromatic rings. The molecular formula is C26H29BrN6O. The van der Waals surface area contributed by atoms with E-state index in [4.69, 9.17) is 9.97 Å². The van der Waals surface area contributed by atoms with E-state index in [1.165, 1.54) is 0 Å². The zero-order valence-electron chi connectivity index (χ0n) is 19.4. The maximum Gasteiger partial charge on any atom is 0.322 e. The second kappa shape index (κ2) is 10.1. The highest BCUT2D eigenvalue weighted by Crippen LogP contribution is 2.30. The molecular weight excluding hydrogens is 492 g/mol. The Morgan fingerprint density at radius 1 is 0.971 bits per heavy atom.